The van der Waals surface area contributed by atoms with E-state index in [0.717, 1.165) is 21.0 Å². The SMILES string of the molecule is C[C@@H]1[C@@H](C)CCC[C@H]1NC(=O)CSc1nc2ccc([N+](=O)[O-])cc2s1. The summed E-state index contributed by atoms with van der Waals surface area (Å²) in [6.07, 6.45) is 3.45. The van der Waals surface area contributed by atoms with Crippen LogP contribution in [0, 0.1) is 22.0 Å². The molecule has 0 aliphatic heterocycles. The van der Waals surface area contributed by atoms with Crippen molar-refractivity contribution in [3.05, 3.63) is 28.3 Å². The normalized spacial score (nSPS) is 23.5. The van der Waals surface area contributed by atoms with E-state index in [1.807, 2.05) is 0 Å². The number of carbonyl (C=O) groups excluding carboxylic acids is 1. The summed E-state index contributed by atoms with van der Waals surface area (Å²) < 4.78 is 1.53. The van der Waals surface area contributed by atoms with E-state index in [4.69, 9.17) is 0 Å². The summed E-state index contributed by atoms with van der Waals surface area (Å²) in [5, 5.41) is 14.0. The van der Waals surface area contributed by atoms with Crippen LogP contribution in [0.2, 0.25) is 0 Å². The second kappa shape index (κ2) is 7.70. The van der Waals surface area contributed by atoms with Crippen molar-refractivity contribution in [2.75, 3.05) is 5.75 Å². The number of thiazole rings is 1. The highest BCUT2D eigenvalue weighted by molar-refractivity contribution is 8.01. The summed E-state index contributed by atoms with van der Waals surface area (Å²) >= 11 is 2.77. The van der Waals surface area contributed by atoms with E-state index in [1.54, 1.807) is 6.07 Å². The van der Waals surface area contributed by atoms with Gasteiger partial charge in [-0.2, -0.15) is 0 Å². The van der Waals surface area contributed by atoms with Gasteiger partial charge in [-0.15, -0.1) is 11.3 Å². The Morgan fingerprint density at radius 3 is 3.00 bits per heavy atom. The van der Waals surface area contributed by atoms with Gasteiger partial charge < -0.3 is 5.32 Å². The molecule has 1 aliphatic carbocycles. The van der Waals surface area contributed by atoms with Gasteiger partial charge in [-0.1, -0.05) is 38.5 Å². The van der Waals surface area contributed by atoms with E-state index < -0.39 is 4.92 Å². The number of thioether (sulfide) groups is 1. The second-order valence-corrected chi connectivity index (χ2v) is 8.87. The highest BCUT2D eigenvalue weighted by Crippen LogP contribution is 2.32. The van der Waals surface area contributed by atoms with E-state index in [-0.39, 0.29) is 17.6 Å². The zero-order chi connectivity index (χ0) is 18.0. The van der Waals surface area contributed by atoms with Gasteiger partial charge in [-0.05, 0) is 24.3 Å². The number of non-ortho nitro benzene ring substituents is 1. The molecule has 25 heavy (non-hydrogen) atoms. The molecule has 8 heteroatoms. The summed E-state index contributed by atoms with van der Waals surface area (Å²) in [6, 6.07) is 4.89. The number of nitrogens with one attached hydrogen (secondary N) is 1. The zero-order valence-electron chi connectivity index (χ0n) is 14.2. The molecule has 1 fully saturated rings. The summed E-state index contributed by atoms with van der Waals surface area (Å²) in [5.41, 5.74) is 0.791. The van der Waals surface area contributed by atoms with Gasteiger partial charge in [0, 0.05) is 18.2 Å². The minimum Gasteiger partial charge on any atom is -0.352 e. The van der Waals surface area contributed by atoms with Crippen molar-refractivity contribution >= 4 is 44.9 Å². The van der Waals surface area contributed by atoms with E-state index in [2.05, 4.69) is 24.1 Å². The average Bonchev–Trinajstić information content (AvgIpc) is 2.99. The third-order valence-corrected chi connectivity index (χ3v) is 7.10. The summed E-state index contributed by atoms with van der Waals surface area (Å²) in [7, 11) is 0. The fourth-order valence-corrected chi connectivity index (χ4v) is 5.14. The average molecular weight is 380 g/mol. The van der Waals surface area contributed by atoms with Gasteiger partial charge >= 0.3 is 0 Å². The van der Waals surface area contributed by atoms with Gasteiger partial charge in [0.05, 0.1) is 20.9 Å². The Labute approximate surface area is 154 Å². The Morgan fingerprint density at radius 1 is 1.44 bits per heavy atom. The third kappa shape index (κ3) is 4.30. The van der Waals surface area contributed by atoms with Crippen LogP contribution in [0.4, 0.5) is 5.69 Å². The molecule has 1 N–H and O–H groups in total. The number of rotatable bonds is 5. The summed E-state index contributed by atoms with van der Waals surface area (Å²) in [5.74, 6) is 1.50. The number of hydrogen-bond acceptors (Lipinski definition) is 6. The lowest BCUT2D eigenvalue weighted by Crippen LogP contribution is -2.44. The summed E-state index contributed by atoms with van der Waals surface area (Å²) in [4.78, 5) is 27.1. The molecule has 0 saturated heterocycles. The van der Waals surface area contributed by atoms with E-state index >= 15 is 0 Å². The largest absolute Gasteiger partial charge is 0.352 e. The van der Waals surface area contributed by atoms with E-state index in [9.17, 15) is 14.9 Å². The Hall–Kier alpha value is -1.67. The minimum atomic E-state index is -0.411. The number of fused-ring (bicyclic) bond motifs is 1. The van der Waals surface area contributed by atoms with Crippen LogP contribution in [-0.4, -0.2) is 27.6 Å². The molecule has 1 amide bonds. The standard InChI is InChI=1S/C17H21N3O3S2/c1-10-4-3-5-13(11(10)2)18-16(21)9-24-17-19-14-7-6-12(20(22)23)8-15(14)25-17/h6-8,10-11,13H,3-5,9H2,1-2H3,(H,18,21)/t10-,11+,13+/m0/s1. The lowest BCUT2D eigenvalue weighted by molar-refractivity contribution is -0.384. The van der Waals surface area contributed by atoms with E-state index in [1.165, 1.54) is 48.1 Å². The monoisotopic (exact) mass is 379 g/mol. The maximum absolute atomic E-state index is 12.3. The van der Waals surface area contributed by atoms with Crippen LogP contribution in [0.1, 0.15) is 33.1 Å². The third-order valence-electron chi connectivity index (χ3n) is 4.94. The fourth-order valence-electron chi connectivity index (χ4n) is 3.23. The number of benzene rings is 1. The van der Waals surface area contributed by atoms with Crippen LogP contribution in [0.25, 0.3) is 10.2 Å². The van der Waals surface area contributed by atoms with Crippen LogP contribution in [0.3, 0.4) is 0 Å². The lowest BCUT2D eigenvalue weighted by Gasteiger charge is -2.34. The van der Waals surface area contributed by atoms with Crippen LogP contribution in [-0.2, 0) is 4.79 Å². The zero-order valence-corrected chi connectivity index (χ0v) is 15.9. The number of amides is 1. The molecule has 1 aliphatic rings. The van der Waals surface area contributed by atoms with Crippen LogP contribution >= 0.6 is 23.1 Å². The molecule has 134 valence electrons. The maximum Gasteiger partial charge on any atom is 0.270 e. The van der Waals surface area contributed by atoms with Crippen LogP contribution in [0.15, 0.2) is 22.5 Å². The Balaban J connectivity index is 1.58. The molecule has 3 atom stereocenters. The van der Waals surface area contributed by atoms with Crippen molar-refractivity contribution in [1.29, 1.82) is 0 Å². The molecular formula is C17H21N3O3S2. The molecule has 1 aromatic carbocycles. The van der Waals surface area contributed by atoms with Crippen molar-refractivity contribution in [2.24, 2.45) is 11.8 Å². The van der Waals surface area contributed by atoms with Crippen molar-refractivity contribution in [3.63, 3.8) is 0 Å². The lowest BCUT2D eigenvalue weighted by atomic mass is 9.78. The van der Waals surface area contributed by atoms with Gasteiger partial charge in [0.2, 0.25) is 5.91 Å². The predicted octanol–water partition coefficient (Wildman–Crippen LogP) is 4.24. The number of hydrogen-bond donors (Lipinski definition) is 1. The maximum atomic E-state index is 12.3. The quantitative estimate of drug-likeness (QED) is 0.477. The van der Waals surface area contributed by atoms with Crippen molar-refractivity contribution in [2.45, 2.75) is 43.5 Å². The molecule has 6 nitrogen and oxygen atoms in total. The smallest absolute Gasteiger partial charge is 0.270 e. The van der Waals surface area contributed by atoms with Crippen LogP contribution < -0.4 is 5.32 Å². The van der Waals surface area contributed by atoms with Gasteiger partial charge in [0.1, 0.15) is 0 Å². The van der Waals surface area contributed by atoms with E-state index in [0.29, 0.717) is 17.6 Å². The predicted molar refractivity (Wildman–Crippen MR) is 101 cm³/mol. The van der Waals surface area contributed by atoms with Crippen molar-refractivity contribution in [1.82, 2.24) is 10.3 Å². The van der Waals surface area contributed by atoms with Gasteiger partial charge in [-0.3, -0.25) is 14.9 Å². The molecule has 2 aromatic rings. The topological polar surface area (TPSA) is 85.1 Å². The molecule has 0 spiro atoms. The summed E-state index contributed by atoms with van der Waals surface area (Å²) in [6.45, 7) is 4.46. The Morgan fingerprint density at radius 2 is 2.24 bits per heavy atom. The number of aromatic nitrogens is 1. The molecule has 0 unspecified atom stereocenters. The minimum absolute atomic E-state index is 0.0289. The first kappa shape index (κ1) is 18.1. The fraction of sp³-hybridized carbons (Fsp3) is 0.529. The van der Waals surface area contributed by atoms with Crippen LogP contribution in [0.5, 0.6) is 0 Å². The first-order valence-corrected chi connectivity index (χ1v) is 10.2. The number of carbonyl (C=O) groups is 1. The van der Waals surface area contributed by atoms with Gasteiger partial charge in [-0.25, -0.2) is 4.98 Å². The highest BCUT2D eigenvalue weighted by atomic mass is 32.2. The second-order valence-electron chi connectivity index (χ2n) is 6.62. The molecule has 1 heterocycles. The Bertz CT molecular complexity index is 793. The number of nitro groups is 1. The molecule has 0 radical (unpaired) electrons. The number of nitro benzene ring substituents is 1. The first-order chi connectivity index (χ1) is 11.9. The van der Waals surface area contributed by atoms with Gasteiger partial charge in [0.15, 0.2) is 4.34 Å². The van der Waals surface area contributed by atoms with Crippen molar-refractivity contribution < 1.29 is 9.72 Å². The first-order valence-electron chi connectivity index (χ1n) is 8.41. The van der Waals surface area contributed by atoms with Crippen molar-refractivity contribution in [3.8, 4) is 0 Å². The molecular weight excluding hydrogens is 358 g/mol. The molecule has 3 rings (SSSR count). The number of nitrogens with zero attached hydrogens (tertiary/aromatic N) is 2. The Kier molecular flexibility index (Phi) is 5.58. The van der Waals surface area contributed by atoms with Gasteiger partial charge in [0.25, 0.3) is 5.69 Å². The highest BCUT2D eigenvalue weighted by Gasteiger charge is 2.28. The molecule has 1 aromatic heterocycles. The molecule has 0 bridgehead atoms. The molecule has 1 saturated carbocycles.